The minimum absolute atomic E-state index is 0.122. The molecule has 1 aliphatic heterocycles. The van der Waals surface area contributed by atoms with Crippen molar-refractivity contribution in [3.63, 3.8) is 0 Å². The monoisotopic (exact) mass is 505 g/mol. The van der Waals surface area contributed by atoms with Gasteiger partial charge in [-0.3, -0.25) is 14.4 Å². The number of imide groups is 1. The summed E-state index contributed by atoms with van der Waals surface area (Å²) in [6.45, 7) is 0. The first-order valence-corrected chi connectivity index (χ1v) is 11.0. The van der Waals surface area contributed by atoms with E-state index in [1.54, 1.807) is 54.6 Å². The van der Waals surface area contributed by atoms with Crippen molar-refractivity contribution in [3.05, 3.63) is 94.7 Å². The molecule has 2 N–H and O–H groups in total. The quantitative estimate of drug-likeness (QED) is 0.366. The Morgan fingerprint density at radius 1 is 0.833 bits per heavy atom. The van der Waals surface area contributed by atoms with E-state index in [-0.39, 0.29) is 22.0 Å². The summed E-state index contributed by atoms with van der Waals surface area (Å²) in [4.78, 5) is 51.1. The van der Waals surface area contributed by atoms with Crippen molar-refractivity contribution in [1.82, 2.24) is 0 Å². The zero-order valence-corrected chi connectivity index (χ0v) is 20.0. The number of esters is 1. The van der Waals surface area contributed by atoms with Gasteiger partial charge in [-0.05, 0) is 54.6 Å². The molecule has 3 aromatic rings. The molecule has 0 bridgehead atoms. The molecule has 9 nitrogen and oxygen atoms in total. The highest BCUT2D eigenvalue weighted by Crippen LogP contribution is 2.35. The lowest BCUT2D eigenvalue weighted by molar-refractivity contribution is -0.120. The first-order chi connectivity index (χ1) is 17.3. The molecule has 0 atom stereocenters. The summed E-state index contributed by atoms with van der Waals surface area (Å²) in [6.07, 6.45) is 0. The van der Waals surface area contributed by atoms with Gasteiger partial charge < -0.3 is 20.1 Å². The van der Waals surface area contributed by atoms with Crippen LogP contribution in [0.25, 0.3) is 0 Å². The summed E-state index contributed by atoms with van der Waals surface area (Å²) in [5, 5.41) is 5.30. The topological polar surface area (TPSA) is 114 Å². The van der Waals surface area contributed by atoms with Crippen LogP contribution in [0.3, 0.4) is 0 Å². The van der Waals surface area contributed by atoms with Gasteiger partial charge in [0.2, 0.25) is 0 Å². The molecule has 4 rings (SSSR count). The van der Waals surface area contributed by atoms with E-state index < -0.39 is 23.7 Å². The average Bonchev–Trinajstić information content (AvgIpc) is 3.11. The lowest BCUT2D eigenvalue weighted by Crippen LogP contribution is -2.32. The third kappa shape index (κ3) is 4.77. The summed E-state index contributed by atoms with van der Waals surface area (Å²) >= 11 is 6.22. The molecule has 3 aromatic carbocycles. The lowest BCUT2D eigenvalue weighted by Gasteiger charge is -2.18. The van der Waals surface area contributed by atoms with E-state index in [2.05, 4.69) is 15.4 Å². The van der Waals surface area contributed by atoms with Crippen molar-refractivity contribution >= 4 is 52.4 Å². The zero-order valence-electron chi connectivity index (χ0n) is 19.2. The second kappa shape index (κ2) is 10.3. The van der Waals surface area contributed by atoms with E-state index in [0.717, 1.165) is 4.90 Å². The number of nitrogens with zero attached hydrogens (tertiary/aromatic N) is 1. The number of nitrogens with one attached hydrogen (secondary N) is 2. The Morgan fingerprint density at radius 2 is 1.56 bits per heavy atom. The van der Waals surface area contributed by atoms with E-state index in [4.69, 9.17) is 16.3 Å². The molecule has 0 saturated heterocycles. The number of benzene rings is 3. The van der Waals surface area contributed by atoms with Gasteiger partial charge in [-0.25, -0.2) is 9.69 Å². The number of halogens is 1. The number of carbonyl (C=O) groups is 4. The molecule has 0 radical (unpaired) electrons. The van der Waals surface area contributed by atoms with Gasteiger partial charge in [0.15, 0.2) is 0 Å². The van der Waals surface area contributed by atoms with E-state index in [9.17, 15) is 19.2 Å². The number of rotatable bonds is 7. The molecular weight excluding hydrogens is 486 g/mol. The standard InChI is InChI=1S/C26H20ClN3O6/c1-35-20-9-4-3-8-19(20)30-24(32)21(27)22(25(30)33)28-18-7-5-6-16(14-18)23(31)29-17-12-10-15(11-13-17)26(34)36-2/h3-14,28H,1-2H3,(H,29,31). The molecule has 0 saturated carbocycles. The number of hydrogen-bond acceptors (Lipinski definition) is 7. The van der Waals surface area contributed by atoms with Crippen molar-refractivity contribution in [1.29, 1.82) is 0 Å². The van der Waals surface area contributed by atoms with Gasteiger partial charge in [0.1, 0.15) is 16.5 Å². The van der Waals surface area contributed by atoms with Gasteiger partial charge in [0.05, 0.1) is 25.5 Å². The smallest absolute Gasteiger partial charge is 0.337 e. The normalized spacial score (nSPS) is 13.0. The van der Waals surface area contributed by atoms with Gasteiger partial charge in [0, 0.05) is 16.9 Å². The number of methoxy groups -OCH3 is 2. The first kappa shape index (κ1) is 24.5. The van der Waals surface area contributed by atoms with Crippen molar-refractivity contribution < 1.29 is 28.7 Å². The number of ether oxygens (including phenoxy) is 2. The fourth-order valence-corrected chi connectivity index (χ4v) is 3.75. The minimum Gasteiger partial charge on any atom is -0.495 e. The highest BCUT2D eigenvalue weighted by molar-refractivity contribution is 6.53. The Labute approximate surface area is 211 Å². The molecule has 1 aliphatic rings. The summed E-state index contributed by atoms with van der Waals surface area (Å²) in [5.41, 5.74) is 1.62. The molecule has 182 valence electrons. The third-order valence-electron chi connectivity index (χ3n) is 5.31. The fraction of sp³-hybridized carbons (Fsp3) is 0.0769. The maximum absolute atomic E-state index is 13.1. The van der Waals surface area contributed by atoms with Crippen LogP contribution in [0.4, 0.5) is 17.1 Å². The van der Waals surface area contributed by atoms with Crippen LogP contribution in [-0.2, 0) is 14.3 Å². The van der Waals surface area contributed by atoms with Gasteiger partial charge in [-0.1, -0.05) is 29.8 Å². The number of anilines is 3. The molecule has 0 fully saturated rings. The van der Waals surface area contributed by atoms with E-state index >= 15 is 0 Å². The molecule has 0 spiro atoms. The van der Waals surface area contributed by atoms with Crippen LogP contribution in [0.1, 0.15) is 20.7 Å². The summed E-state index contributed by atoms with van der Waals surface area (Å²) in [7, 11) is 2.72. The molecule has 0 aromatic heterocycles. The third-order valence-corrected chi connectivity index (χ3v) is 5.66. The van der Waals surface area contributed by atoms with Crippen LogP contribution in [0.5, 0.6) is 5.75 Å². The summed E-state index contributed by atoms with van der Waals surface area (Å²) in [5.74, 6) is -1.92. The van der Waals surface area contributed by atoms with Gasteiger partial charge in [-0.2, -0.15) is 0 Å². The maximum atomic E-state index is 13.1. The molecule has 10 heteroatoms. The first-order valence-electron chi connectivity index (χ1n) is 10.6. The predicted octanol–water partition coefficient (Wildman–Crippen LogP) is 4.17. The van der Waals surface area contributed by atoms with E-state index in [0.29, 0.717) is 22.7 Å². The van der Waals surface area contributed by atoms with Gasteiger partial charge >= 0.3 is 5.97 Å². The molecule has 36 heavy (non-hydrogen) atoms. The maximum Gasteiger partial charge on any atom is 0.337 e. The predicted molar refractivity (Wildman–Crippen MR) is 134 cm³/mol. The molecule has 3 amide bonds. The Kier molecular flexibility index (Phi) is 7.03. The molecular formula is C26H20ClN3O6. The highest BCUT2D eigenvalue weighted by Gasteiger charge is 2.40. The second-order valence-corrected chi connectivity index (χ2v) is 7.91. The van der Waals surface area contributed by atoms with Gasteiger partial charge in [0.25, 0.3) is 17.7 Å². The number of carbonyl (C=O) groups excluding carboxylic acids is 4. The van der Waals surface area contributed by atoms with Crippen LogP contribution >= 0.6 is 11.6 Å². The average molecular weight is 506 g/mol. The van der Waals surface area contributed by atoms with E-state index in [1.807, 2.05) is 0 Å². The van der Waals surface area contributed by atoms with Crippen LogP contribution in [0.2, 0.25) is 0 Å². The Bertz CT molecular complexity index is 1400. The summed E-state index contributed by atoms with van der Waals surface area (Å²) < 4.78 is 9.92. The number of para-hydroxylation sites is 2. The van der Waals surface area contributed by atoms with E-state index in [1.165, 1.54) is 32.4 Å². The highest BCUT2D eigenvalue weighted by atomic mass is 35.5. The zero-order chi connectivity index (χ0) is 25.8. The number of hydrogen-bond donors (Lipinski definition) is 2. The Morgan fingerprint density at radius 3 is 2.25 bits per heavy atom. The van der Waals surface area contributed by atoms with Gasteiger partial charge in [-0.15, -0.1) is 0 Å². The fourth-order valence-electron chi connectivity index (χ4n) is 3.54. The summed E-state index contributed by atoms with van der Waals surface area (Å²) in [6, 6.07) is 19.1. The van der Waals surface area contributed by atoms with Crippen LogP contribution in [0.15, 0.2) is 83.5 Å². The Hall–Kier alpha value is -4.63. The molecule has 0 aliphatic carbocycles. The minimum atomic E-state index is -0.696. The second-order valence-electron chi connectivity index (χ2n) is 7.54. The van der Waals surface area contributed by atoms with Crippen molar-refractivity contribution in [2.45, 2.75) is 0 Å². The molecule has 1 heterocycles. The van der Waals surface area contributed by atoms with Crippen molar-refractivity contribution in [3.8, 4) is 5.75 Å². The van der Waals surface area contributed by atoms with Crippen molar-refractivity contribution in [2.75, 3.05) is 29.8 Å². The van der Waals surface area contributed by atoms with Crippen LogP contribution in [0, 0.1) is 0 Å². The lowest BCUT2D eigenvalue weighted by atomic mass is 10.1. The van der Waals surface area contributed by atoms with Crippen LogP contribution < -0.4 is 20.3 Å². The largest absolute Gasteiger partial charge is 0.495 e. The SMILES string of the molecule is COC(=O)c1ccc(NC(=O)c2cccc(NC3=C(Cl)C(=O)N(c4ccccc4OC)C3=O)c2)cc1. The van der Waals surface area contributed by atoms with Crippen molar-refractivity contribution in [2.24, 2.45) is 0 Å². The van der Waals surface area contributed by atoms with Crippen LogP contribution in [-0.4, -0.2) is 37.9 Å². The Balaban J connectivity index is 1.51. The number of amides is 3. The molecule has 0 unspecified atom stereocenters.